The summed E-state index contributed by atoms with van der Waals surface area (Å²) < 4.78 is 16.4. The number of nitrogens with one attached hydrogen (secondary N) is 1. The number of alkyl carbamates (subject to hydrolysis) is 1. The molecule has 1 fully saturated rings. The zero-order valence-corrected chi connectivity index (χ0v) is 25.0. The van der Waals surface area contributed by atoms with Gasteiger partial charge < -0.3 is 19.5 Å². The minimum Gasteiger partial charge on any atom is -0.444 e. The molecule has 8 nitrogen and oxygen atoms in total. The zero-order chi connectivity index (χ0) is 30.1. The van der Waals surface area contributed by atoms with Crippen LogP contribution in [0.15, 0.2) is 72.9 Å². The van der Waals surface area contributed by atoms with Crippen molar-refractivity contribution in [3.63, 3.8) is 0 Å². The summed E-state index contributed by atoms with van der Waals surface area (Å²) in [4.78, 5) is 34.4. The normalized spacial score (nSPS) is 14.5. The van der Waals surface area contributed by atoms with E-state index < -0.39 is 29.0 Å². The molecule has 42 heavy (non-hydrogen) atoms. The van der Waals surface area contributed by atoms with Crippen molar-refractivity contribution in [2.45, 2.75) is 77.5 Å². The van der Waals surface area contributed by atoms with Gasteiger partial charge in [0.05, 0.1) is 22.1 Å². The molecule has 0 atom stereocenters. The second-order valence-electron chi connectivity index (χ2n) is 12.6. The van der Waals surface area contributed by atoms with Gasteiger partial charge in [-0.05, 0) is 84.1 Å². The molecule has 2 aromatic carbocycles. The molecular formula is C34H37N3O5. The summed E-state index contributed by atoms with van der Waals surface area (Å²) in [6.07, 6.45) is 3.06. The molecule has 4 aromatic rings. The summed E-state index contributed by atoms with van der Waals surface area (Å²) in [7, 11) is 0. The molecular weight excluding hydrogens is 530 g/mol. The van der Waals surface area contributed by atoms with Gasteiger partial charge in [0.1, 0.15) is 11.2 Å². The third-order valence-electron chi connectivity index (χ3n) is 7.02. The predicted octanol–water partition coefficient (Wildman–Crippen LogP) is 8.18. The summed E-state index contributed by atoms with van der Waals surface area (Å²) in [6, 6.07) is 21.8. The van der Waals surface area contributed by atoms with Gasteiger partial charge in [0.2, 0.25) is 5.88 Å². The number of hydrogen-bond donors (Lipinski definition) is 1. The minimum absolute atomic E-state index is 0.133. The van der Waals surface area contributed by atoms with Gasteiger partial charge in [0.15, 0.2) is 0 Å². The molecule has 1 aliphatic carbocycles. The molecule has 1 N–H and O–H groups in total. The number of benzene rings is 2. The van der Waals surface area contributed by atoms with E-state index in [0.717, 1.165) is 47.2 Å². The summed E-state index contributed by atoms with van der Waals surface area (Å²) in [6.45, 7) is 10.9. The summed E-state index contributed by atoms with van der Waals surface area (Å²) in [5.74, 6) is 0.133. The highest BCUT2D eigenvalue weighted by Crippen LogP contribution is 2.43. The third-order valence-corrected chi connectivity index (χ3v) is 7.02. The Labute approximate surface area is 246 Å². The smallest absolute Gasteiger partial charge is 0.444 e. The van der Waals surface area contributed by atoms with Gasteiger partial charge in [-0.1, -0.05) is 54.6 Å². The number of carbonyl (C=O) groups is 2. The average molecular weight is 568 g/mol. The topological polar surface area (TPSA) is 99.6 Å². The molecule has 0 radical (unpaired) electrons. The first kappa shape index (κ1) is 29.0. The predicted molar refractivity (Wildman–Crippen MR) is 162 cm³/mol. The van der Waals surface area contributed by atoms with Crippen LogP contribution in [-0.2, 0) is 15.0 Å². The molecule has 5 rings (SSSR count). The summed E-state index contributed by atoms with van der Waals surface area (Å²) in [5.41, 5.74) is 3.46. The number of hydrogen-bond acceptors (Lipinski definition) is 7. The number of nitrogens with zero attached hydrogens (tertiary/aromatic N) is 2. The van der Waals surface area contributed by atoms with E-state index in [4.69, 9.17) is 19.2 Å². The summed E-state index contributed by atoms with van der Waals surface area (Å²) in [5, 5.41) is 3.72. The number of ether oxygens (including phenoxy) is 3. The van der Waals surface area contributed by atoms with Crippen molar-refractivity contribution in [3.05, 3.63) is 78.5 Å². The van der Waals surface area contributed by atoms with Crippen LogP contribution in [0, 0.1) is 0 Å². The van der Waals surface area contributed by atoms with Crippen LogP contribution in [0.3, 0.4) is 0 Å². The number of amides is 1. The van der Waals surface area contributed by atoms with Gasteiger partial charge in [-0.3, -0.25) is 0 Å². The van der Waals surface area contributed by atoms with Crippen LogP contribution < -0.4 is 10.1 Å². The molecule has 0 unspecified atom stereocenters. The maximum Gasteiger partial charge on any atom is 0.515 e. The molecule has 2 heterocycles. The maximum atomic E-state index is 12.6. The SMILES string of the molecule is CC(C)(C)OC(=O)NC1(c2ccc(-c3nc4ccnc(OC(=O)OC(C)(C)C)c4cc3-c3ccccc3)cc2)CCC1. The van der Waals surface area contributed by atoms with Crippen molar-refractivity contribution >= 4 is 23.2 Å². The highest BCUT2D eigenvalue weighted by molar-refractivity contribution is 5.94. The number of carbonyl (C=O) groups excluding carboxylic acids is 2. The van der Waals surface area contributed by atoms with Crippen molar-refractivity contribution in [2.24, 2.45) is 0 Å². The molecule has 0 bridgehead atoms. The molecule has 0 saturated heterocycles. The van der Waals surface area contributed by atoms with Gasteiger partial charge in [0, 0.05) is 17.3 Å². The van der Waals surface area contributed by atoms with E-state index in [1.807, 2.05) is 69.3 Å². The van der Waals surface area contributed by atoms with Crippen LogP contribution in [0.1, 0.15) is 66.4 Å². The zero-order valence-electron chi connectivity index (χ0n) is 25.0. The van der Waals surface area contributed by atoms with Crippen molar-refractivity contribution in [1.82, 2.24) is 15.3 Å². The van der Waals surface area contributed by atoms with Crippen LogP contribution in [0.4, 0.5) is 9.59 Å². The molecule has 0 spiro atoms. The lowest BCUT2D eigenvalue weighted by atomic mass is 9.71. The fourth-order valence-electron chi connectivity index (χ4n) is 5.02. The lowest BCUT2D eigenvalue weighted by molar-refractivity contribution is 0.0199. The number of aromatic nitrogens is 2. The second kappa shape index (κ2) is 11.1. The largest absolute Gasteiger partial charge is 0.515 e. The highest BCUT2D eigenvalue weighted by Gasteiger charge is 2.41. The fraction of sp³-hybridized carbons (Fsp3) is 0.353. The molecule has 1 saturated carbocycles. The number of fused-ring (bicyclic) bond motifs is 1. The van der Waals surface area contributed by atoms with Crippen molar-refractivity contribution < 1.29 is 23.8 Å². The van der Waals surface area contributed by atoms with Crippen LogP contribution in [-0.4, -0.2) is 33.4 Å². The lowest BCUT2D eigenvalue weighted by Crippen LogP contribution is -2.52. The Kier molecular flexibility index (Phi) is 7.66. The Hall–Kier alpha value is -4.46. The Balaban J connectivity index is 1.52. The van der Waals surface area contributed by atoms with E-state index in [1.54, 1.807) is 33.0 Å². The average Bonchev–Trinajstić information content (AvgIpc) is 2.89. The Bertz CT molecular complexity index is 1600. The van der Waals surface area contributed by atoms with Gasteiger partial charge in [-0.2, -0.15) is 0 Å². The molecule has 8 heteroatoms. The Morgan fingerprint density at radius 1 is 0.833 bits per heavy atom. The van der Waals surface area contributed by atoms with Gasteiger partial charge in [0.25, 0.3) is 0 Å². The Morgan fingerprint density at radius 3 is 2.10 bits per heavy atom. The fourth-order valence-corrected chi connectivity index (χ4v) is 5.02. The van der Waals surface area contributed by atoms with Gasteiger partial charge in [-0.15, -0.1) is 0 Å². The number of rotatable bonds is 5. The number of pyridine rings is 2. The van der Waals surface area contributed by atoms with E-state index in [-0.39, 0.29) is 5.88 Å². The van der Waals surface area contributed by atoms with Crippen LogP contribution in [0.5, 0.6) is 5.88 Å². The molecule has 218 valence electrons. The van der Waals surface area contributed by atoms with Crippen LogP contribution >= 0.6 is 0 Å². The first-order chi connectivity index (χ1) is 19.8. The van der Waals surface area contributed by atoms with Crippen LogP contribution in [0.2, 0.25) is 0 Å². The Morgan fingerprint density at radius 2 is 1.50 bits per heavy atom. The molecule has 1 aliphatic rings. The highest BCUT2D eigenvalue weighted by atomic mass is 16.7. The van der Waals surface area contributed by atoms with E-state index in [1.165, 1.54) is 0 Å². The van der Waals surface area contributed by atoms with Gasteiger partial charge >= 0.3 is 12.2 Å². The third kappa shape index (κ3) is 6.54. The minimum atomic E-state index is -0.826. The van der Waals surface area contributed by atoms with E-state index >= 15 is 0 Å². The quantitative estimate of drug-likeness (QED) is 0.243. The van der Waals surface area contributed by atoms with Crippen LogP contribution in [0.25, 0.3) is 33.3 Å². The molecule has 2 aromatic heterocycles. The maximum absolute atomic E-state index is 12.6. The first-order valence-electron chi connectivity index (χ1n) is 14.2. The molecule has 0 aliphatic heterocycles. The van der Waals surface area contributed by atoms with Crippen molar-refractivity contribution in [2.75, 3.05) is 0 Å². The molecule has 1 amide bonds. The van der Waals surface area contributed by atoms with Gasteiger partial charge in [-0.25, -0.2) is 19.6 Å². The van der Waals surface area contributed by atoms with Crippen molar-refractivity contribution in [3.8, 4) is 28.3 Å². The van der Waals surface area contributed by atoms with E-state index in [2.05, 4.69) is 22.4 Å². The van der Waals surface area contributed by atoms with Crippen molar-refractivity contribution in [1.29, 1.82) is 0 Å². The lowest BCUT2D eigenvalue weighted by Gasteiger charge is -2.43. The standard InChI is InChI=1S/C34H37N3O5/c1-32(2,3)41-30(38)37-34(18-10-19-34)24-15-13-23(14-16-24)28-25(22-11-8-7-9-12-22)21-26-27(36-28)17-20-35-29(26)40-31(39)42-33(4,5)6/h7-9,11-17,20-21H,10,18-19H2,1-6H3,(H,37,38). The van der Waals surface area contributed by atoms with E-state index in [0.29, 0.717) is 10.9 Å². The monoisotopic (exact) mass is 567 g/mol. The second-order valence-corrected chi connectivity index (χ2v) is 12.6. The van der Waals surface area contributed by atoms with E-state index in [9.17, 15) is 9.59 Å². The summed E-state index contributed by atoms with van der Waals surface area (Å²) >= 11 is 0. The first-order valence-corrected chi connectivity index (χ1v) is 14.2.